The van der Waals surface area contributed by atoms with E-state index in [9.17, 15) is 0 Å². The highest BCUT2D eigenvalue weighted by atomic mass is 14.1. The molecule has 0 spiro atoms. The lowest BCUT2D eigenvalue weighted by Gasteiger charge is -2.15. The summed E-state index contributed by atoms with van der Waals surface area (Å²) in [4.78, 5) is 0. The molecule has 0 aromatic heterocycles. The van der Waals surface area contributed by atoms with Crippen molar-refractivity contribution in [3.05, 3.63) is 60.2 Å². The third kappa shape index (κ3) is 3.32. The molecule has 0 heterocycles. The van der Waals surface area contributed by atoms with Crippen LogP contribution in [-0.4, -0.2) is 0 Å². The molecule has 0 N–H and O–H groups in total. The summed E-state index contributed by atoms with van der Waals surface area (Å²) in [5.41, 5.74) is 1.49. The zero-order valence-corrected chi connectivity index (χ0v) is 13.8. The minimum Gasteiger partial charge on any atom is -0.0654 e. The van der Waals surface area contributed by atoms with Crippen molar-refractivity contribution >= 4 is 21.5 Å². The Balaban J connectivity index is 1.89. The minimum atomic E-state index is 0.831. The maximum Gasteiger partial charge on any atom is -0.0175 e. The highest BCUT2D eigenvalue weighted by Gasteiger charge is 2.08. The Kier molecular flexibility index (Phi) is 4.77. The van der Waals surface area contributed by atoms with Crippen LogP contribution in [0.2, 0.25) is 0 Å². The first kappa shape index (κ1) is 15.1. The smallest absolute Gasteiger partial charge is 0.0175 e. The van der Waals surface area contributed by atoms with Crippen molar-refractivity contribution in [1.29, 1.82) is 0 Å². The largest absolute Gasteiger partial charge is 0.0654 e. The Morgan fingerprint density at radius 1 is 0.773 bits per heavy atom. The number of benzene rings is 3. The van der Waals surface area contributed by atoms with Crippen LogP contribution in [0.5, 0.6) is 0 Å². The molecule has 1 unspecified atom stereocenters. The number of rotatable bonds is 6. The summed E-state index contributed by atoms with van der Waals surface area (Å²) in [6.07, 6.45) is 6.54. The summed E-state index contributed by atoms with van der Waals surface area (Å²) >= 11 is 0. The quantitative estimate of drug-likeness (QED) is 0.440. The molecule has 0 aliphatic rings. The van der Waals surface area contributed by atoms with Gasteiger partial charge in [-0.05, 0) is 51.6 Å². The molecule has 0 saturated heterocycles. The fourth-order valence-electron chi connectivity index (χ4n) is 3.39. The van der Waals surface area contributed by atoms with Crippen molar-refractivity contribution in [3.63, 3.8) is 0 Å². The van der Waals surface area contributed by atoms with E-state index in [0.29, 0.717) is 0 Å². The monoisotopic (exact) mass is 290 g/mol. The average molecular weight is 290 g/mol. The fourth-order valence-corrected chi connectivity index (χ4v) is 3.39. The Labute approximate surface area is 134 Å². The van der Waals surface area contributed by atoms with Gasteiger partial charge in [-0.25, -0.2) is 0 Å². The van der Waals surface area contributed by atoms with Crippen LogP contribution >= 0.6 is 0 Å². The lowest BCUT2D eigenvalue weighted by Crippen LogP contribution is -2.03. The van der Waals surface area contributed by atoms with Crippen LogP contribution in [0, 0.1) is 5.92 Å². The molecule has 22 heavy (non-hydrogen) atoms. The number of fused-ring (bicyclic) bond motifs is 2. The zero-order chi connectivity index (χ0) is 15.4. The second-order valence-corrected chi connectivity index (χ2v) is 6.50. The van der Waals surface area contributed by atoms with Gasteiger partial charge in [0.05, 0.1) is 0 Å². The van der Waals surface area contributed by atoms with E-state index in [1.54, 1.807) is 0 Å². The SMILES string of the molecule is CCCCC(CC)Cc1ccc2cc3ccccc3cc2c1. The Morgan fingerprint density at radius 3 is 2.14 bits per heavy atom. The van der Waals surface area contributed by atoms with Gasteiger partial charge in [-0.2, -0.15) is 0 Å². The van der Waals surface area contributed by atoms with Crippen molar-refractivity contribution in [2.24, 2.45) is 5.92 Å². The Hall–Kier alpha value is -1.82. The molecule has 114 valence electrons. The molecular formula is C22H26. The molecule has 1 atom stereocenters. The molecule has 3 aromatic rings. The fraction of sp³-hybridized carbons (Fsp3) is 0.364. The van der Waals surface area contributed by atoms with E-state index < -0.39 is 0 Å². The molecule has 0 saturated carbocycles. The highest BCUT2D eigenvalue weighted by molar-refractivity contribution is 5.98. The van der Waals surface area contributed by atoms with Gasteiger partial charge in [0.2, 0.25) is 0 Å². The Morgan fingerprint density at radius 2 is 1.45 bits per heavy atom. The van der Waals surface area contributed by atoms with Gasteiger partial charge in [-0.1, -0.05) is 82.0 Å². The van der Waals surface area contributed by atoms with Gasteiger partial charge >= 0.3 is 0 Å². The van der Waals surface area contributed by atoms with Gasteiger partial charge in [-0.3, -0.25) is 0 Å². The van der Waals surface area contributed by atoms with Gasteiger partial charge in [0, 0.05) is 0 Å². The average Bonchev–Trinajstić information content (AvgIpc) is 2.56. The molecule has 0 fully saturated rings. The van der Waals surface area contributed by atoms with Crippen molar-refractivity contribution in [3.8, 4) is 0 Å². The topological polar surface area (TPSA) is 0 Å². The van der Waals surface area contributed by atoms with Crippen LogP contribution in [0.3, 0.4) is 0 Å². The summed E-state index contributed by atoms with van der Waals surface area (Å²) in [5.74, 6) is 0.831. The van der Waals surface area contributed by atoms with Crippen LogP contribution < -0.4 is 0 Å². The van der Waals surface area contributed by atoms with Crippen LogP contribution in [0.25, 0.3) is 21.5 Å². The molecule has 0 bridgehead atoms. The van der Waals surface area contributed by atoms with Crippen molar-refractivity contribution in [2.45, 2.75) is 46.0 Å². The maximum atomic E-state index is 2.40. The van der Waals surface area contributed by atoms with E-state index in [-0.39, 0.29) is 0 Å². The molecule has 0 aliphatic heterocycles. The summed E-state index contributed by atoms with van der Waals surface area (Å²) in [7, 11) is 0. The lowest BCUT2D eigenvalue weighted by atomic mass is 9.91. The molecule has 0 radical (unpaired) electrons. The summed E-state index contributed by atoms with van der Waals surface area (Å²) in [5, 5.41) is 5.40. The van der Waals surface area contributed by atoms with E-state index in [1.165, 1.54) is 59.2 Å². The standard InChI is InChI=1S/C22H26/c1-3-5-8-17(4-2)13-18-11-12-21-15-19-9-6-7-10-20(19)16-22(21)14-18/h6-7,9-12,14-17H,3-5,8,13H2,1-2H3. The predicted molar refractivity (Wildman–Crippen MR) is 98.5 cm³/mol. The van der Waals surface area contributed by atoms with Crippen molar-refractivity contribution in [2.75, 3.05) is 0 Å². The van der Waals surface area contributed by atoms with Crippen LogP contribution in [-0.2, 0) is 6.42 Å². The normalized spacial score (nSPS) is 12.8. The summed E-state index contributed by atoms with van der Waals surface area (Å²) < 4.78 is 0. The third-order valence-electron chi connectivity index (χ3n) is 4.84. The van der Waals surface area contributed by atoms with Gasteiger partial charge in [0.1, 0.15) is 0 Å². The van der Waals surface area contributed by atoms with Crippen LogP contribution in [0.15, 0.2) is 54.6 Å². The molecule has 0 aliphatic carbocycles. The van der Waals surface area contributed by atoms with E-state index in [1.807, 2.05) is 0 Å². The van der Waals surface area contributed by atoms with E-state index >= 15 is 0 Å². The second-order valence-electron chi connectivity index (χ2n) is 6.50. The maximum absolute atomic E-state index is 2.40. The number of hydrogen-bond acceptors (Lipinski definition) is 0. The van der Waals surface area contributed by atoms with Gasteiger partial charge in [-0.15, -0.1) is 0 Å². The summed E-state index contributed by atoms with van der Waals surface area (Å²) in [6.45, 7) is 4.61. The molecule has 0 amide bonds. The third-order valence-corrected chi connectivity index (χ3v) is 4.84. The van der Waals surface area contributed by atoms with Crippen LogP contribution in [0.4, 0.5) is 0 Å². The van der Waals surface area contributed by atoms with E-state index in [0.717, 1.165) is 5.92 Å². The molecule has 0 nitrogen and oxygen atoms in total. The Bertz CT molecular complexity index is 754. The summed E-state index contributed by atoms with van der Waals surface area (Å²) in [6, 6.07) is 20.3. The molecule has 3 rings (SSSR count). The van der Waals surface area contributed by atoms with Crippen LogP contribution in [0.1, 0.15) is 45.1 Å². The minimum absolute atomic E-state index is 0.831. The second kappa shape index (κ2) is 6.96. The van der Waals surface area contributed by atoms with E-state index in [2.05, 4.69) is 68.4 Å². The molecule has 3 aromatic carbocycles. The molecular weight excluding hydrogens is 264 g/mol. The lowest BCUT2D eigenvalue weighted by molar-refractivity contribution is 0.449. The highest BCUT2D eigenvalue weighted by Crippen LogP contribution is 2.26. The van der Waals surface area contributed by atoms with Gasteiger partial charge in [0.25, 0.3) is 0 Å². The first-order valence-corrected chi connectivity index (χ1v) is 8.71. The predicted octanol–water partition coefficient (Wildman–Crippen LogP) is 6.75. The first-order valence-electron chi connectivity index (χ1n) is 8.71. The first-order chi connectivity index (χ1) is 10.8. The van der Waals surface area contributed by atoms with Gasteiger partial charge < -0.3 is 0 Å². The zero-order valence-electron chi connectivity index (χ0n) is 13.8. The number of unbranched alkanes of at least 4 members (excludes halogenated alkanes) is 1. The van der Waals surface area contributed by atoms with Gasteiger partial charge in [0.15, 0.2) is 0 Å². The number of hydrogen-bond donors (Lipinski definition) is 0. The molecule has 0 heteroatoms. The van der Waals surface area contributed by atoms with Crippen molar-refractivity contribution < 1.29 is 0 Å². The van der Waals surface area contributed by atoms with E-state index in [4.69, 9.17) is 0 Å². The van der Waals surface area contributed by atoms with Crippen molar-refractivity contribution in [1.82, 2.24) is 0 Å².